The van der Waals surface area contributed by atoms with Crippen molar-refractivity contribution in [2.24, 2.45) is 5.73 Å². The van der Waals surface area contributed by atoms with Crippen LogP contribution in [0.1, 0.15) is 19.8 Å². The molecule has 6 heteroatoms. The van der Waals surface area contributed by atoms with E-state index in [1.54, 1.807) is 24.3 Å². The first-order chi connectivity index (χ1) is 9.09. The van der Waals surface area contributed by atoms with Gasteiger partial charge < -0.3 is 10.5 Å². The molecule has 106 valence electrons. The van der Waals surface area contributed by atoms with Gasteiger partial charge in [-0.15, -0.1) is 0 Å². The Morgan fingerprint density at radius 1 is 1.47 bits per heavy atom. The van der Waals surface area contributed by atoms with Gasteiger partial charge in [0.1, 0.15) is 5.75 Å². The number of hydrogen-bond acceptors (Lipinski definition) is 4. The molecule has 0 amide bonds. The Kier molecular flexibility index (Phi) is 4.44. The summed E-state index contributed by atoms with van der Waals surface area (Å²) in [6.07, 6.45) is 1.70. The Bertz CT molecular complexity index is 530. The summed E-state index contributed by atoms with van der Waals surface area (Å²) in [4.78, 5) is 0.277. The van der Waals surface area contributed by atoms with Gasteiger partial charge >= 0.3 is 0 Å². The smallest absolute Gasteiger partial charge is 0.243 e. The molecule has 0 aliphatic carbocycles. The molecule has 0 aromatic heterocycles. The number of hydrogen-bond donors (Lipinski definition) is 1. The molecule has 1 saturated heterocycles. The fourth-order valence-corrected chi connectivity index (χ4v) is 4.13. The van der Waals surface area contributed by atoms with Crippen molar-refractivity contribution < 1.29 is 13.2 Å². The normalized spacial score (nSPS) is 20.6. The van der Waals surface area contributed by atoms with Crippen LogP contribution in [0.25, 0.3) is 0 Å². The molecular formula is C13H20N2O3S. The van der Waals surface area contributed by atoms with Crippen LogP contribution in [-0.4, -0.2) is 38.5 Å². The summed E-state index contributed by atoms with van der Waals surface area (Å²) in [5, 5.41) is 0. The van der Waals surface area contributed by atoms with Crippen LogP contribution < -0.4 is 10.5 Å². The van der Waals surface area contributed by atoms with Gasteiger partial charge in [0, 0.05) is 25.2 Å². The largest absolute Gasteiger partial charge is 0.494 e. The van der Waals surface area contributed by atoms with Crippen molar-refractivity contribution >= 4 is 10.0 Å². The zero-order valence-corrected chi connectivity index (χ0v) is 11.9. The van der Waals surface area contributed by atoms with E-state index in [0.717, 1.165) is 12.8 Å². The second-order valence-corrected chi connectivity index (χ2v) is 6.45. The lowest BCUT2D eigenvalue weighted by Crippen LogP contribution is -2.39. The van der Waals surface area contributed by atoms with E-state index < -0.39 is 10.0 Å². The molecule has 2 N–H and O–H groups in total. The molecule has 0 saturated carbocycles. The van der Waals surface area contributed by atoms with Crippen molar-refractivity contribution in [1.82, 2.24) is 4.31 Å². The van der Waals surface area contributed by atoms with Crippen LogP contribution >= 0.6 is 0 Å². The summed E-state index contributed by atoms with van der Waals surface area (Å²) in [5.41, 5.74) is 5.65. The molecule has 1 atom stereocenters. The molecule has 0 spiro atoms. The number of nitrogens with two attached hydrogens (primary N) is 1. The number of benzene rings is 1. The van der Waals surface area contributed by atoms with Gasteiger partial charge in [-0.3, -0.25) is 0 Å². The van der Waals surface area contributed by atoms with Crippen molar-refractivity contribution in [2.75, 3.05) is 19.7 Å². The maximum absolute atomic E-state index is 12.6. The summed E-state index contributed by atoms with van der Waals surface area (Å²) >= 11 is 0. The van der Waals surface area contributed by atoms with Gasteiger partial charge in [-0.2, -0.15) is 4.31 Å². The van der Waals surface area contributed by atoms with Gasteiger partial charge in [0.05, 0.1) is 11.5 Å². The van der Waals surface area contributed by atoms with E-state index >= 15 is 0 Å². The highest BCUT2D eigenvalue weighted by Gasteiger charge is 2.34. The Labute approximate surface area is 114 Å². The molecule has 0 radical (unpaired) electrons. The molecule has 1 aromatic carbocycles. The molecule has 19 heavy (non-hydrogen) atoms. The average Bonchev–Trinajstić information content (AvgIpc) is 2.88. The van der Waals surface area contributed by atoms with E-state index in [9.17, 15) is 8.42 Å². The van der Waals surface area contributed by atoms with Crippen molar-refractivity contribution in [1.29, 1.82) is 0 Å². The van der Waals surface area contributed by atoms with Crippen molar-refractivity contribution in [3.63, 3.8) is 0 Å². The Morgan fingerprint density at radius 2 is 2.26 bits per heavy atom. The molecule has 2 rings (SSSR count). The van der Waals surface area contributed by atoms with Gasteiger partial charge in [0.15, 0.2) is 0 Å². The minimum atomic E-state index is -3.47. The minimum Gasteiger partial charge on any atom is -0.494 e. The molecule has 1 aromatic rings. The third-order valence-electron chi connectivity index (χ3n) is 3.32. The van der Waals surface area contributed by atoms with Crippen LogP contribution in [-0.2, 0) is 10.0 Å². The highest BCUT2D eigenvalue weighted by atomic mass is 32.2. The van der Waals surface area contributed by atoms with Crippen LogP contribution in [0.2, 0.25) is 0 Å². The number of sulfonamides is 1. The average molecular weight is 284 g/mol. The molecule has 5 nitrogen and oxygen atoms in total. The molecule has 1 fully saturated rings. The zero-order valence-electron chi connectivity index (χ0n) is 11.1. The van der Waals surface area contributed by atoms with E-state index in [4.69, 9.17) is 10.5 Å². The number of nitrogens with zero attached hydrogens (tertiary/aromatic N) is 1. The highest BCUT2D eigenvalue weighted by Crippen LogP contribution is 2.27. The first kappa shape index (κ1) is 14.3. The summed E-state index contributed by atoms with van der Waals surface area (Å²) < 4.78 is 32.0. The molecule has 1 heterocycles. The van der Waals surface area contributed by atoms with Crippen LogP contribution in [0.4, 0.5) is 0 Å². The second kappa shape index (κ2) is 5.90. The van der Waals surface area contributed by atoms with Crippen LogP contribution in [0.5, 0.6) is 5.75 Å². The SMILES string of the molecule is CCOc1cccc(S(=O)(=O)N2CCCC2CN)c1. The van der Waals surface area contributed by atoms with Crippen LogP contribution in [0.3, 0.4) is 0 Å². The predicted molar refractivity (Wildman–Crippen MR) is 73.6 cm³/mol. The summed E-state index contributed by atoms with van der Waals surface area (Å²) in [6, 6.07) is 6.55. The maximum Gasteiger partial charge on any atom is 0.243 e. The summed E-state index contributed by atoms with van der Waals surface area (Å²) in [5.74, 6) is 0.576. The van der Waals surface area contributed by atoms with Crippen molar-refractivity contribution in [3.8, 4) is 5.75 Å². The van der Waals surface area contributed by atoms with Crippen LogP contribution in [0, 0.1) is 0 Å². The van der Waals surface area contributed by atoms with Gasteiger partial charge in [-0.05, 0) is 31.9 Å². The molecule has 1 unspecified atom stereocenters. The minimum absolute atomic E-state index is 0.0826. The third kappa shape index (κ3) is 2.91. The topological polar surface area (TPSA) is 72.6 Å². The van der Waals surface area contributed by atoms with Crippen LogP contribution in [0.15, 0.2) is 29.2 Å². The number of rotatable bonds is 5. The Balaban J connectivity index is 2.31. The Hall–Kier alpha value is -1.11. The van der Waals surface area contributed by atoms with Gasteiger partial charge in [-0.25, -0.2) is 8.42 Å². The lowest BCUT2D eigenvalue weighted by Gasteiger charge is -2.23. The number of ether oxygens (including phenoxy) is 1. The fraction of sp³-hybridized carbons (Fsp3) is 0.538. The van der Waals surface area contributed by atoms with Crippen molar-refractivity contribution in [3.05, 3.63) is 24.3 Å². The van der Waals surface area contributed by atoms with E-state index in [1.807, 2.05) is 6.92 Å². The fourth-order valence-electron chi connectivity index (χ4n) is 2.39. The van der Waals surface area contributed by atoms with Crippen molar-refractivity contribution in [2.45, 2.75) is 30.7 Å². The van der Waals surface area contributed by atoms with E-state index in [1.165, 1.54) is 4.31 Å². The molecule has 1 aliphatic rings. The zero-order chi connectivity index (χ0) is 13.9. The monoisotopic (exact) mass is 284 g/mol. The molecule has 1 aliphatic heterocycles. The molecular weight excluding hydrogens is 264 g/mol. The van der Waals surface area contributed by atoms with E-state index in [2.05, 4.69) is 0 Å². The third-order valence-corrected chi connectivity index (χ3v) is 5.27. The lowest BCUT2D eigenvalue weighted by atomic mass is 10.2. The van der Waals surface area contributed by atoms with E-state index in [-0.39, 0.29) is 10.9 Å². The molecule has 0 bridgehead atoms. The quantitative estimate of drug-likeness (QED) is 0.881. The highest BCUT2D eigenvalue weighted by molar-refractivity contribution is 7.89. The predicted octanol–water partition coefficient (Wildman–Crippen LogP) is 1.20. The lowest BCUT2D eigenvalue weighted by molar-refractivity contribution is 0.339. The maximum atomic E-state index is 12.6. The standard InChI is InChI=1S/C13H20N2O3S/c1-2-18-12-6-3-7-13(9-12)19(16,17)15-8-4-5-11(15)10-14/h3,6-7,9,11H,2,4-5,8,10,14H2,1H3. The first-order valence-corrected chi connectivity index (χ1v) is 7.98. The first-order valence-electron chi connectivity index (χ1n) is 6.54. The van der Waals surface area contributed by atoms with Gasteiger partial charge in [-0.1, -0.05) is 6.07 Å². The second-order valence-electron chi connectivity index (χ2n) is 4.56. The van der Waals surface area contributed by atoms with Gasteiger partial charge in [0.2, 0.25) is 10.0 Å². The Morgan fingerprint density at radius 3 is 2.95 bits per heavy atom. The van der Waals surface area contributed by atoms with Gasteiger partial charge in [0.25, 0.3) is 0 Å². The van der Waals surface area contributed by atoms with E-state index in [0.29, 0.717) is 25.4 Å². The summed E-state index contributed by atoms with van der Waals surface area (Å²) in [7, 11) is -3.47. The summed E-state index contributed by atoms with van der Waals surface area (Å²) in [6.45, 7) is 3.29.